The van der Waals surface area contributed by atoms with Crippen LogP contribution in [0.25, 0.3) is 11.1 Å². The molecule has 2 aromatic rings. The number of halogens is 1. The standard InChI is InChI=1S/C16H13BrO.C2H6.K/c1-2-12-3-5-14(6-4-12)15-9-13(7-8-18)10-16(17)11-15;1-2;/h3-6,10-11H,2,7H2,1H3;1-2H3;/q-2;;+1. The van der Waals surface area contributed by atoms with Gasteiger partial charge in [0.25, 0.3) is 0 Å². The molecule has 0 fully saturated rings. The van der Waals surface area contributed by atoms with Crippen molar-refractivity contribution >= 4 is 22.2 Å². The Morgan fingerprint density at radius 1 is 1.14 bits per heavy atom. The molecule has 0 aliphatic heterocycles. The van der Waals surface area contributed by atoms with Crippen LogP contribution in [0.5, 0.6) is 0 Å². The van der Waals surface area contributed by atoms with E-state index in [0.29, 0.717) is 0 Å². The summed E-state index contributed by atoms with van der Waals surface area (Å²) in [5.41, 5.74) is 4.28. The summed E-state index contributed by atoms with van der Waals surface area (Å²) in [5.74, 6) is 0. The van der Waals surface area contributed by atoms with E-state index < -0.39 is 0 Å². The van der Waals surface area contributed by atoms with Crippen molar-refractivity contribution in [2.45, 2.75) is 33.6 Å². The molecule has 0 spiro atoms. The fourth-order valence-electron chi connectivity index (χ4n) is 1.84. The smallest absolute Gasteiger partial charge is 0.542 e. The average Bonchev–Trinajstić information content (AvgIpc) is 2.49. The molecule has 0 amide bonds. The molecule has 0 heterocycles. The molecule has 0 radical (unpaired) electrons. The van der Waals surface area contributed by atoms with E-state index in [4.69, 9.17) is 0 Å². The van der Waals surface area contributed by atoms with Gasteiger partial charge in [-0.05, 0) is 12.0 Å². The molecule has 0 saturated carbocycles. The Morgan fingerprint density at radius 2 is 1.76 bits per heavy atom. The van der Waals surface area contributed by atoms with Gasteiger partial charge in [-0.1, -0.05) is 71.0 Å². The van der Waals surface area contributed by atoms with E-state index in [1.807, 2.05) is 32.3 Å². The van der Waals surface area contributed by atoms with Gasteiger partial charge in [0.05, 0.1) is 0 Å². The molecule has 0 aliphatic carbocycles. The van der Waals surface area contributed by atoms with Crippen molar-refractivity contribution in [3.63, 3.8) is 0 Å². The second-order valence-electron chi connectivity index (χ2n) is 4.11. The summed E-state index contributed by atoms with van der Waals surface area (Å²) in [6.07, 6.45) is 3.22. The summed E-state index contributed by atoms with van der Waals surface area (Å²) >= 11 is 3.46. The monoisotopic (exact) mass is 369 g/mol. The van der Waals surface area contributed by atoms with Gasteiger partial charge in [-0.25, -0.2) is 0 Å². The zero-order valence-electron chi connectivity index (χ0n) is 13.2. The van der Waals surface area contributed by atoms with Crippen molar-refractivity contribution in [3.05, 3.63) is 58.1 Å². The molecule has 21 heavy (non-hydrogen) atoms. The summed E-state index contributed by atoms with van der Waals surface area (Å²) in [4.78, 5) is 10.5. The minimum atomic E-state index is 0. The van der Waals surface area contributed by atoms with Gasteiger partial charge in [-0.2, -0.15) is 5.56 Å². The first kappa shape index (κ1) is 21.2. The molecule has 0 bridgehead atoms. The van der Waals surface area contributed by atoms with E-state index in [0.717, 1.165) is 27.6 Å². The van der Waals surface area contributed by atoms with Crippen LogP contribution in [0.1, 0.15) is 31.9 Å². The SMILES string of the molecule is CC.CCc1ccc(-c2[c-]c(C[C-]=O)cc(Br)c2)cc1.[K+]. The summed E-state index contributed by atoms with van der Waals surface area (Å²) in [6, 6.07) is 15.6. The summed E-state index contributed by atoms with van der Waals surface area (Å²) in [5, 5.41) is 0. The van der Waals surface area contributed by atoms with Gasteiger partial charge in [0.15, 0.2) is 0 Å². The van der Waals surface area contributed by atoms with E-state index in [2.05, 4.69) is 53.2 Å². The Kier molecular flexibility index (Phi) is 11.9. The predicted molar refractivity (Wildman–Crippen MR) is 88.5 cm³/mol. The molecule has 0 unspecified atom stereocenters. The molecular weight excluding hydrogens is 351 g/mol. The van der Waals surface area contributed by atoms with Crippen LogP contribution in [-0.4, -0.2) is 6.29 Å². The zero-order chi connectivity index (χ0) is 15.0. The zero-order valence-corrected chi connectivity index (χ0v) is 17.9. The fraction of sp³-hybridized carbons (Fsp3) is 0.278. The van der Waals surface area contributed by atoms with Crippen LogP contribution in [0.15, 0.2) is 40.9 Å². The van der Waals surface area contributed by atoms with Crippen LogP contribution in [0.3, 0.4) is 0 Å². The molecule has 0 aromatic heterocycles. The molecule has 0 N–H and O–H groups in total. The van der Waals surface area contributed by atoms with Crippen LogP contribution in [-0.2, 0) is 17.6 Å². The quantitative estimate of drug-likeness (QED) is 0.596. The van der Waals surface area contributed by atoms with Gasteiger partial charge in [-0.15, -0.1) is 30.2 Å². The Balaban J connectivity index is 0.00000128. The van der Waals surface area contributed by atoms with Gasteiger partial charge in [0, 0.05) is 0 Å². The molecule has 0 aliphatic rings. The van der Waals surface area contributed by atoms with Crippen LogP contribution < -0.4 is 51.4 Å². The van der Waals surface area contributed by atoms with Crippen molar-refractivity contribution < 1.29 is 56.2 Å². The minimum Gasteiger partial charge on any atom is -0.542 e. The summed E-state index contributed by atoms with van der Waals surface area (Å²) < 4.78 is 0.959. The molecule has 106 valence electrons. The Morgan fingerprint density at radius 3 is 2.29 bits per heavy atom. The first-order chi connectivity index (χ1) is 9.72. The third-order valence-corrected chi connectivity index (χ3v) is 3.28. The summed E-state index contributed by atoms with van der Waals surface area (Å²) in [6.45, 7) is 6.14. The number of rotatable bonds is 4. The first-order valence-corrected chi connectivity index (χ1v) is 7.68. The Bertz CT molecular complexity index is 550. The van der Waals surface area contributed by atoms with Crippen molar-refractivity contribution in [2.24, 2.45) is 0 Å². The van der Waals surface area contributed by atoms with E-state index in [1.54, 1.807) is 0 Å². The van der Waals surface area contributed by atoms with Crippen LogP contribution in [0, 0.1) is 6.07 Å². The Hall–Kier alpha value is 0.226. The maximum atomic E-state index is 10.5. The molecule has 3 heteroatoms. The van der Waals surface area contributed by atoms with Crippen molar-refractivity contribution in [2.75, 3.05) is 0 Å². The Labute approximate surface area is 179 Å². The third-order valence-electron chi connectivity index (χ3n) is 2.83. The maximum Gasteiger partial charge on any atom is 1.00 e. The molecule has 2 aromatic carbocycles. The molecule has 0 saturated heterocycles. The van der Waals surface area contributed by atoms with Gasteiger partial charge >= 0.3 is 51.4 Å². The van der Waals surface area contributed by atoms with E-state index in [1.165, 1.54) is 5.56 Å². The predicted octanol–water partition coefficient (Wildman–Crippen LogP) is 2.16. The van der Waals surface area contributed by atoms with E-state index in [9.17, 15) is 4.79 Å². The van der Waals surface area contributed by atoms with Crippen molar-refractivity contribution in [3.8, 4) is 11.1 Å². The second-order valence-corrected chi connectivity index (χ2v) is 5.02. The second kappa shape index (κ2) is 11.7. The number of hydrogen-bond donors (Lipinski definition) is 0. The summed E-state index contributed by atoms with van der Waals surface area (Å²) in [7, 11) is 0. The number of benzene rings is 2. The van der Waals surface area contributed by atoms with Gasteiger partial charge in [0.2, 0.25) is 0 Å². The fourth-order valence-corrected chi connectivity index (χ4v) is 2.34. The number of aryl methyl sites for hydroxylation is 1. The molecule has 2 rings (SSSR count). The molecule has 1 nitrogen and oxygen atoms in total. The molecular formula is C18H19BrKO-. The molecule has 0 atom stereocenters. The average molecular weight is 370 g/mol. The van der Waals surface area contributed by atoms with E-state index >= 15 is 0 Å². The van der Waals surface area contributed by atoms with Gasteiger partial charge in [-0.3, -0.25) is 6.29 Å². The minimum absolute atomic E-state index is 0. The van der Waals surface area contributed by atoms with Gasteiger partial charge in [0.1, 0.15) is 0 Å². The maximum absolute atomic E-state index is 10.5. The van der Waals surface area contributed by atoms with Gasteiger partial charge < -0.3 is 4.79 Å². The number of hydrogen-bond acceptors (Lipinski definition) is 1. The van der Waals surface area contributed by atoms with Crippen LogP contribution in [0.4, 0.5) is 0 Å². The van der Waals surface area contributed by atoms with Crippen molar-refractivity contribution in [1.29, 1.82) is 0 Å². The topological polar surface area (TPSA) is 17.1 Å². The van der Waals surface area contributed by atoms with Crippen LogP contribution in [0.2, 0.25) is 0 Å². The normalized spacial score (nSPS) is 9.14. The van der Waals surface area contributed by atoms with Crippen molar-refractivity contribution in [1.82, 2.24) is 0 Å². The number of carbonyl (C=O) groups excluding carboxylic acids is 1. The third kappa shape index (κ3) is 6.89. The van der Waals surface area contributed by atoms with E-state index in [-0.39, 0.29) is 57.8 Å². The first-order valence-electron chi connectivity index (χ1n) is 6.89. The largest absolute Gasteiger partial charge is 1.00 e. The van der Waals surface area contributed by atoms with Crippen LogP contribution >= 0.6 is 15.9 Å².